The molecule has 1 aliphatic heterocycles. The maximum Gasteiger partial charge on any atom is 0.573 e. The number of nitrogens with zero attached hydrogens (tertiary/aromatic N) is 2. The lowest BCUT2D eigenvalue weighted by Crippen LogP contribution is -2.35. The van der Waals surface area contributed by atoms with Crippen LogP contribution in [0.15, 0.2) is 71.1 Å². The standard InChI is InChI=1S/C24H23F3N2O4.C2H6/c25-24(26,27)33-20-9-7-19(8-10-20)31-17-21-11-12-22(32-21)23(30)29-14-4-13-28(15-16-29)18-5-2-1-3-6-18;1-2/h1-3,5-12H,4,13-17H2;1-2H3. The highest BCUT2D eigenvalue weighted by atomic mass is 19.4. The van der Waals surface area contributed by atoms with Gasteiger partial charge in [0.25, 0.3) is 5.91 Å². The lowest BCUT2D eigenvalue weighted by Gasteiger charge is -2.23. The summed E-state index contributed by atoms with van der Waals surface area (Å²) in [6.07, 6.45) is -3.89. The molecule has 0 radical (unpaired) electrons. The summed E-state index contributed by atoms with van der Waals surface area (Å²) in [4.78, 5) is 16.9. The van der Waals surface area contributed by atoms with E-state index in [-0.39, 0.29) is 24.0 Å². The molecular formula is C26H29F3N2O4. The zero-order chi connectivity index (χ0) is 25.3. The van der Waals surface area contributed by atoms with Gasteiger partial charge in [-0.1, -0.05) is 32.0 Å². The van der Waals surface area contributed by atoms with Gasteiger partial charge in [-0.3, -0.25) is 4.79 Å². The number of carbonyl (C=O) groups excluding carboxylic acids is 1. The maximum absolute atomic E-state index is 12.9. The highest BCUT2D eigenvalue weighted by Crippen LogP contribution is 2.25. The van der Waals surface area contributed by atoms with Crippen molar-refractivity contribution in [3.05, 3.63) is 78.3 Å². The summed E-state index contributed by atoms with van der Waals surface area (Å²) in [5, 5.41) is 0. The van der Waals surface area contributed by atoms with Crippen LogP contribution in [0.3, 0.4) is 0 Å². The van der Waals surface area contributed by atoms with E-state index in [1.807, 2.05) is 32.0 Å². The topological polar surface area (TPSA) is 55.2 Å². The summed E-state index contributed by atoms with van der Waals surface area (Å²) in [6, 6.07) is 18.4. The van der Waals surface area contributed by atoms with Crippen LogP contribution in [0, 0.1) is 0 Å². The van der Waals surface area contributed by atoms with E-state index >= 15 is 0 Å². The number of carbonyl (C=O) groups is 1. The number of rotatable bonds is 6. The predicted octanol–water partition coefficient (Wildman–Crippen LogP) is 6.14. The Hall–Kier alpha value is -3.62. The molecule has 4 rings (SSSR count). The zero-order valence-electron chi connectivity index (χ0n) is 19.8. The Morgan fingerprint density at radius 3 is 2.26 bits per heavy atom. The third-order valence-electron chi connectivity index (χ3n) is 5.22. The van der Waals surface area contributed by atoms with Gasteiger partial charge in [-0.2, -0.15) is 0 Å². The normalized spacial score (nSPS) is 14.0. The molecule has 1 aromatic heterocycles. The number of halogens is 3. The third-order valence-corrected chi connectivity index (χ3v) is 5.22. The summed E-state index contributed by atoms with van der Waals surface area (Å²) in [6.45, 7) is 6.88. The van der Waals surface area contributed by atoms with E-state index in [0.717, 1.165) is 37.3 Å². The first kappa shape index (κ1) is 26.0. The second-order valence-electron chi connectivity index (χ2n) is 7.54. The van der Waals surface area contributed by atoms with Crippen LogP contribution in [0.4, 0.5) is 18.9 Å². The minimum absolute atomic E-state index is 0.0362. The first-order valence-electron chi connectivity index (χ1n) is 11.5. The van der Waals surface area contributed by atoms with Crippen molar-refractivity contribution in [1.29, 1.82) is 0 Å². The van der Waals surface area contributed by atoms with Crippen LogP contribution in [-0.4, -0.2) is 43.3 Å². The summed E-state index contributed by atoms with van der Waals surface area (Å²) in [5.74, 6) is 0.515. The predicted molar refractivity (Wildman–Crippen MR) is 127 cm³/mol. The van der Waals surface area contributed by atoms with Gasteiger partial charge < -0.3 is 23.7 Å². The average Bonchev–Trinajstić information content (AvgIpc) is 3.20. The number of furan rings is 1. The Labute approximate surface area is 202 Å². The van der Waals surface area contributed by atoms with Crippen LogP contribution >= 0.6 is 0 Å². The van der Waals surface area contributed by atoms with Gasteiger partial charge in [-0.25, -0.2) is 0 Å². The fourth-order valence-electron chi connectivity index (χ4n) is 3.64. The van der Waals surface area contributed by atoms with E-state index in [2.05, 4.69) is 21.8 Å². The minimum atomic E-state index is -4.74. The molecule has 35 heavy (non-hydrogen) atoms. The SMILES string of the molecule is CC.O=C(c1ccc(COc2ccc(OC(F)(F)F)cc2)o1)N1CCCN(c2ccccc2)CC1. The highest BCUT2D eigenvalue weighted by Gasteiger charge is 2.31. The molecule has 1 amide bonds. The van der Waals surface area contributed by atoms with Crippen LogP contribution in [0.1, 0.15) is 36.6 Å². The third kappa shape index (κ3) is 7.70. The highest BCUT2D eigenvalue weighted by molar-refractivity contribution is 5.91. The summed E-state index contributed by atoms with van der Waals surface area (Å²) < 4.78 is 51.7. The number of benzene rings is 2. The fraction of sp³-hybridized carbons (Fsp3) is 0.346. The Bertz CT molecular complexity index is 1050. The van der Waals surface area contributed by atoms with E-state index < -0.39 is 6.36 Å². The molecule has 2 aromatic carbocycles. The lowest BCUT2D eigenvalue weighted by atomic mass is 10.3. The summed E-state index contributed by atoms with van der Waals surface area (Å²) >= 11 is 0. The molecule has 0 unspecified atom stereocenters. The summed E-state index contributed by atoms with van der Waals surface area (Å²) in [5.41, 5.74) is 1.14. The van der Waals surface area contributed by atoms with E-state index in [0.29, 0.717) is 24.6 Å². The van der Waals surface area contributed by atoms with Gasteiger partial charge in [0.2, 0.25) is 0 Å². The zero-order valence-corrected chi connectivity index (χ0v) is 19.8. The number of ether oxygens (including phenoxy) is 2. The molecule has 0 bridgehead atoms. The van der Waals surface area contributed by atoms with Gasteiger partial charge >= 0.3 is 6.36 Å². The van der Waals surface area contributed by atoms with E-state index in [9.17, 15) is 18.0 Å². The molecule has 1 aliphatic rings. The molecule has 1 fully saturated rings. The first-order valence-corrected chi connectivity index (χ1v) is 11.5. The van der Waals surface area contributed by atoms with Crippen molar-refractivity contribution in [1.82, 2.24) is 4.90 Å². The molecule has 3 aromatic rings. The molecule has 9 heteroatoms. The quantitative estimate of drug-likeness (QED) is 0.416. The largest absolute Gasteiger partial charge is 0.573 e. The number of alkyl halides is 3. The molecule has 188 valence electrons. The van der Waals surface area contributed by atoms with Gasteiger partial charge in [-0.05, 0) is 55.0 Å². The van der Waals surface area contributed by atoms with Crippen LogP contribution in [-0.2, 0) is 6.61 Å². The van der Waals surface area contributed by atoms with Crippen LogP contribution < -0.4 is 14.4 Å². The van der Waals surface area contributed by atoms with Gasteiger partial charge in [0.05, 0.1) is 0 Å². The van der Waals surface area contributed by atoms with Crippen molar-refractivity contribution in [2.75, 3.05) is 31.1 Å². The Morgan fingerprint density at radius 2 is 1.57 bits per heavy atom. The molecule has 0 aliphatic carbocycles. The molecule has 0 atom stereocenters. The van der Waals surface area contributed by atoms with E-state index in [4.69, 9.17) is 9.15 Å². The monoisotopic (exact) mass is 490 g/mol. The second-order valence-corrected chi connectivity index (χ2v) is 7.54. The molecule has 0 saturated carbocycles. The van der Waals surface area contributed by atoms with Crippen molar-refractivity contribution in [3.63, 3.8) is 0 Å². The number of para-hydroxylation sites is 1. The Kier molecular flexibility index (Phi) is 9.05. The number of amides is 1. The number of hydrogen-bond donors (Lipinski definition) is 0. The molecule has 1 saturated heterocycles. The Balaban J connectivity index is 0.00000167. The van der Waals surface area contributed by atoms with E-state index in [1.165, 1.54) is 12.1 Å². The molecule has 0 N–H and O–H groups in total. The van der Waals surface area contributed by atoms with Crippen molar-refractivity contribution < 1.29 is 31.9 Å². The molecular weight excluding hydrogens is 461 g/mol. The fourth-order valence-corrected chi connectivity index (χ4v) is 3.64. The van der Waals surface area contributed by atoms with Crippen LogP contribution in [0.2, 0.25) is 0 Å². The minimum Gasteiger partial charge on any atom is -0.486 e. The number of hydrogen-bond acceptors (Lipinski definition) is 5. The maximum atomic E-state index is 12.9. The molecule has 6 nitrogen and oxygen atoms in total. The first-order chi connectivity index (χ1) is 16.9. The van der Waals surface area contributed by atoms with Crippen molar-refractivity contribution in [2.24, 2.45) is 0 Å². The van der Waals surface area contributed by atoms with Gasteiger partial charge in [-0.15, -0.1) is 13.2 Å². The van der Waals surface area contributed by atoms with Crippen molar-refractivity contribution >= 4 is 11.6 Å². The van der Waals surface area contributed by atoms with Crippen LogP contribution in [0.25, 0.3) is 0 Å². The molecule has 2 heterocycles. The van der Waals surface area contributed by atoms with Crippen molar-refractivity contribution in [3.8, 4) is 11.5 Å². The van der Waals surface area contributed by atoms with Gasteiger partial charge in [0.15, 0.2) is 5.76 Å². The Morgan fingerprint density at radius 1 is 0.886 bits per heavy atom. The average molecular weight is 491 g/mol. The summed E-state index contributed by atoms with van der Waals surface area (Å²) in [7, 11) is 0. The van der Waals surface area contributed by atoms with Gasteiger partial charge in [0, 0.05) is 31.9 Å². The van der Waals surface area contributed by atoms with E-state index in [1.54, 1.807) is 17.0 Å². The van der Waals surface area contributed by atoms with Crippen LogP contribution in [0.5, 0.6) is 11.5 Å². The second kappa shape index (κ2) is 12.2. The number of anilines is 1. The lowest BCUT2D eigenvalue weighted by molar-refractivity contribution is -0.274. The smallest absolute Gasteiger partial charge is 0.486 e. The van der Waals surface area contributed by atoms with Crippen molar-refractivity contribution in [2.45, 2.75) is 33.2 Å². The van der Waals surface area contributed by atoms with Gasteiger partial charge in [0.1, 0.15) is 23.9 Å². The molecule has 0 spiro atoms.